The third-order valence-electron chi connectivity index (χ3n) is 5.29. The molecule has 9 nitrogen and oxygen atoms in total. The molecule has 3 heterocycles. The van der Waals surface area contributed by atoms with Gasteiger partial charge in [0, 0.05) is 31.0 Å². The number of nitrogens with zero attached hydrogens (tertiary/aromatic N) is 6. The van der Waals surface area contributed by atoms with E-state index in [0.717, 1.165) is 42.0 Å². The van der Waals surface area contributed by atoms with Crippen LogP contribution in [0.1, 0.15) is 59.9 Å². The summed E-state index contributed by atoms with van der Waals surface area (Å²) in [6.45, 7) is 4.53. The van der Waals surface area contributed by atoms with Crippen LogP contribution in [0.3, 0.4) is 0 Å². The number of imidazole rings is 1. The Bertz CT molecular complexity index is 1030. The third-order valence-corrected chi connectivity index (χ3v) is 5.29. The summed E-state index contributed by atoms with van der Waals surface area (Å²) in [5, 5.41) is 10.9. The van der Waals surface area contributed by atoms with Crippen molar-refractivity contribution in [1.82, 2.24) is 34.6 Å². The third kappa shape index (κ3) is 4.34. The van der Waals surface area contributed by atoms with Crippen LogP contribution in [0.4, 0.5) is 5.82 Å². The predicted octanol–water partition coefficient (Wildman–Crippen LogP) is 2.55. The number of nitrogens with one attached hydrogen (secondary N) is 2. The molecule has 1 aliphatic rings. The molecule has 4 rings (SSSR count). The molecule has 0 unspecified atom stereocenters. The summed E-state index contributed by atoms with van der Waals surface area (Å²) in [4.78, 5) is 26.2. The van der Waals surface area contributed by atoms with Gasteiger partial charge in [-0.25, -0.2) is 14.6 Å². The maximum absolute atomic E-state index is 12.9. The fourth-order valence-electron chi connectivity index (χ4n) is 3.24. The Balaban J connectivity index is 1.60. The van der Waals surface area contributed by atoms with Crippen LogP contribution in [0.15, 0.2) is 24.9 Å². The molecule has 0 saturated heterocycles. The number of carbonyl (C=O) groups excluding carboxylic acids is 1. The molecular weight excluding hydrogens is 380 g/mol. The summed E-state index contributed by atoms with van der Waals surface area (Å²) < 4.78 is 3.59. The van der Waals surface area contributed by atoms with E-state index in [9.17, 15) is 4.79 Å². The summed E-state index contributed by atoms with van der Waals surface area (Å²) in [6.07, 6.45) is 11.9. The van der Waals surface area contributed by atoms with Gasteiger partial charge in [-0.15, -0.1) is 0 Å². The smallest absolute Gasteiger partial charge is 0.255 e. The lowest BCUT2D eigenvalue weighted by Crippen LogP contribution is -2.25. The van der Waals surface area contributed by atoms with Gasteiger partial charge >= 0.3 is 0 Å². The second kappa shape index (κ2) is 8.64. The average molecular weight is 409 g/mol. The number of hydrogen-bond acceptors (Lipinski definition) is 6. The highest BCUT2D eigenvalue weighted by Crippen LogP contribution is 2.26. The fourth-order valence-corrected chi connectivity index (χ4v) is 3.24. The van der Waals surface area contributed by atoms with Crippen molar-refractivity contribution < 1.29 is 4.79 Å². The Labute approximate surface area is 176 Å². The maximum atomic E-state index is 12.9. The molecule has 0 bridgehead atoms. The van der Waals surface area contributed by atoms with Gasteiger partial charge in [0.15, 0.2) is 0 Å². The molecule has 1 amide bonds. The first-order chi connectivity index (χ1) is 14.6. The lowest BCUT2D eigenvalue weighted by atomic mass is 10.1. The molecule has 1 fully saturated rings. The van der Waals surface area contributed by atoms with E-state index in [1.165, 1.54) is 12.8 Å². The van der Waals surface area contributed by atoms with Crippen molar-refractivity contribution in [2.45, 2.75) is 58.5 Å². The Morgan fingerprint density at radius 2 is 2.10 bits per heavy atom. The van der Waals surface area contributed by atoms with Crippen LogP contribution in [0.25, 0.3) is 5.95 Å². The van der Waals surface area contributed by atoms with Gasteiger partial charge in [-0.1, -0.05) is 13.3 Å². The second-order valence-corrected chi connectivity index (χ2v) is 7.82. The quantitative estimate of drug-likeness (QED) is 0.564. The van der Waals surface area contributed by atoms with Crippen LogP contribution in [0, 0.1) is 6.92 Å². The molecule has 0 radical (unpaired) electrons. The molecule has 0 atom stereocenters. The molecule has 9 heteroatoms. The molecule has 30 heavy (non-hydrogen) atoms. The lowest BCUT2D eigenvalue weighted by Gasteiger charge is -2.12. The Hall–Kier alpha value is -3.23. The minimum absolute atomic E-state index is 0.156. The van der Waals surface area contributed by atoms with Gasteiger partial charge in [0.1, 0.15) is 5.82 Å². The number of unbranched alkanes of at least 4 members (excludes halogenated alkanes) is 1. The topological polar surface area (TPSA) is 103 Å². The van der Waals surface area contributed by atoms with E-state index >= 15 is 0 Å². The normalized spacial score (nSPS) is 13.4. The van der Waals surface area contributed by atoms with Crippen molar-refractivity contribution in [2.24, 2.45) is 7.05 Å². The summed E-state index contributed by atoms with van der Waals surface area (Å²) in [6, 6.07) is 0.497. The molecule has 3 aromatic heterocycles. The Morgan fingerprint density at radius 3 is 2.80 bits per heavy atom. The summed E-state index contributed by atoms with van der Waals surface area (Å²) >= 11 is 0. The van der Waals surface area contributed by atoms with E-state index in [-0.39, 0.29) is 5.91 Å². The predicted molar refractivity (Wildman–Crippen MR) is 114 cm³/mol. The first kappa shape index (κ1) is 20.1. The standard InChI is InChI=1S/C21H28N8O/c1-4-5-6-18-17(20(30)23-11-16-10-22-13-28(16)3)12-25-29(18)21-24-9-14(2)19(27-21)26-15-7-8-15/h9-10,12-13,15H,4-8,11H2,1-3H3,(H,23,30)(H,24,26,27). The molecule has 1 aliphatic carbocycles. The van der Waals surface area contributed by atoms with Gasteiger partial charge in [0.05, 0.1) is 36.0 Å². The lowest BCUT2D eigenvalue weighted by molar-refractivity contribution is 0.0949. The Morgan fingerprint density at radius 1 is 1.27 bits per heavy atom. The van der Waals surface area contributed by atoms with Crippen molar-refractivity contribution in [2.75, 3.05) is 5.32 Å². The largest absolute Gasteiger partial charge is 0.367 e. The number of amides is 1. The number of anilines is 1. The number of aromatic nitrogens is 6. The van der Waals surface area contributed by atoms with Crippen LogP contribution in [0.2, 0.25) is 0 Å². The van der Waals surface area contributed by atoms with E-state index in [1.807, 2.05) is 18.5 Å². The van der Waals surface area contributed by atoms with E-state index < -0.39 is 0 Å². The van der Waals surface area contributed by atoms with Gasteiger partial charge in [-0.05, 0) is 32.6 Å². The van der Waals surface area contributed by atoms with Crippen molar-refractivity contribution in [3.8, 4) is 5.95 Å². The summed E-state index contributed by atoms with van der Waals surface area (Å²) in [7, 11) is 1.90. The van der Waals surface area contributed by atoms with Gasteiger partial charge in [0.25, 0.3) is 11.9 Å². The molecule has 3 aromatic rings. The molecule has 158 valence electrons. The van der Waals surface area contributed by atoms with Crippen molar-refractivity contribution in [1.29, 1.82) is 0 Å². The van der Waals surface area contributed by atoms with Crippen LogP contribution in [-0.4, -0.2) is 41.2 Å². The molecule has 0 aliphatic heterocycles. The molecule has 0 aromatic carbocycles. The highest BCUT2D eigenvalue weighted by Gasteiger charge is 2.24. The van der Waals surface area contributed by atoms with E-state index in [0.29, 0.717) is 24.1 Å². The SMILES string of the molecule is CCCCc1c(C(=O)NCc2cncn2C)cnn1-c1ncc(C)c(NC2CC2)n1. The molecule has 0 spiro atoms. The van der Waals surface area contributed by atoms with Crippen molar-refractivity contribution in [3.05, 3.63) is 47.4 Å². The first-order valence-electron chi connectivity index (χ1n) is 10.5. The van der Waals surface area contributed by atoms with Crippen LogP contribution in [0.5, 0.6) is 0 Å². The highest BCUT2D eigenvalue weighted by molar-refractivity contribution is 5.95. The zero-order chi connectivity index (χ0) is 21.1. The average Bonchev–Trinajstić information content (AvgIpc) is 3.30. The van der Waals surface area contributed by atoms with E-state index in [2.05, 4.69) is 32.6 Å². The Kier molecular flexibility index (Phi) is 5.78. The highest BCUT2D eigenvalue weighted by atomic mass is 16.1. The van der Waals surface area contributed by atoms with Gasteiger partial charge in [-0.3, -0.25) is 4.79 Å². The molecule has 1 saturated carbocycles. The van der Waals surface area contributed by atoms with Gasteiger partial charge < -0.3 is 15.2 Å². The molecular formula is C21H28N8O. The van der Waals surface area contributed by atoms with Crippen molar-refractivity contribution in [3.63, 3.8) is 0 Å². The number of aryl methyl sites for hydroxylation is 2. The van der Waals surface area contributed by atoms with Gasteiger partial charge in [-0.2, -0.15) is 10.1 Å². The summed E-state index contributed by atoms with van der Waals surface area (Å²) in [5.74, 6) is 1.17. The monoisotopic (exact) mass is 408 g/mol. The fraction of sp³-hybridized carbons (Fsp3) is 0.476. The van der Waals surface area contributed by atoms with Gasteiger partial charge in [0.2, 0.25) is 0 Å². The van der Waals surface area contributed by atoms with Crippen molar-refractivity contribution >= 4 is 11.7 Å². The number of hydrogen-bond donors (Lipinski definition) is 2. The zero-order valence-electron chi connectivity index (χ0n) is 17.7. The van der Waals surface area contributed by atoms with Crippen LogP contribution >= 0.6 is 0 Å². The van der Waals surface area contributed by atoms with Crippen LogP contribution in [-0.2, 0) is 20.0 Å². The number of rotatable bonds is 9. The van der Waals surface area contributed by atoms with E-state index in [4.69, 9.17) is 4.98 Å². The number of carbonyl (C=O) groups is 1. The minimum atomic E-state index is -0.156. The zero-order valence-corrected chi connectivity index (χ0v) is 17.7. The summed E-state index contributed by atoms with van der Waals surface area (Å²) in [5.41, 5.74) is 3.33. The van der Waals surface area contributed by atoms with E-state index in [1.54, 1.807) is 29.6 Å². The maximum Gasteiger partial charge on any atom is 0.255 e. The first-order valence-corrected chi connectivity index (χ1v) is 10.5. The minimum Gasteiger partial charge on any atom is -0.367 e. The second-order valence-electron chi connectivity index (χ2n) is 7.82. The van der Waals surface area contributed by atoms with Crippen LogP contribution < -0.4 is 10.6 Å². The molecule has 2 N–H and O–H groups in total.